The number of benzene rings is 3. The van der Waals surface area contributed by atoms with Crippen LogP contribution in [0, 0.1) is 12.3 Å². The van der Waals surface area contributed by atoms with Gasteiger partial charge in [-0.15, -0.1) is 0 Å². The summed E-state index contributed by atoms with van der Waals surface area (Å²) in [6.45, 7) is 11.2. The maximum absolute atomic E-state index is 7.73. The minimum absolute atomic E-state index is 0.0641. The van der Waals surface area contributed by atoms with Gasteiger partial charge in [0.05, 0.1) is 24.4 Å². The largest absolute Gasteiger partial charge is 0.498 e. The molecule has 0 aliphatic carbocycles. The molecule has 1 heterocycles. The van der Waals surface area contributed by atoms with Crippen molar-refractivity contribution in [1.82, 2.24) is 0 Å². The van der Waals surface area contributed by atoms with E-state index in [9.17, 15) is 0 Å². The smallest absolute Gasteiger partial charge is 0.491 e. The maximum Gasteiger partial charge on any atom is 0.498 e. The van der Waals surface area contributed by atoms with Crippen molar-refractivity contribution in [1.29, 1.82) is 5.41 Å². The Morgan fingerprint density at radius 2 is 1.63 bits per heavy atom. The van der Waals surface area contributed by atoms with Gasteiger partial charge in [-0.2, -0.15) is 0 Å². The SMILES string of the molecule is Cc1ccc(B2OC(C)(C)C(C)(C)O2)c(OCOCCOc2cccc(CN=C(N)c3ccccc3C(=N)Cl)c2)c1. The molecule has 8 nitrogen and oxygen atoms in total. The highest BCUT2D eigenvalue weighted by Gasteiger charge is 2.52. The molecule has 1 aliphatic rings. The third kappa shape index (κ3) is 7.68. The Hall–Kier alpha value is -3.37. The molecule has 10 heteroatoms. The van der Waals surface area contributed by atoms with Crippen LogP contribution in [0.1, 0.15) is 49.9 Å². The van der Waals surface area contributed by atoms with E-state index in [1.165, 1.54) is 0 Å². The molecular formula is C31H37BClN3O5. The van der Waals surface area contributed by atoms with E-state index in [0.717, 1.165) is 16.6 Å². The fraction of sp³-hybridized carbons (Fsp3) is 0.355. The summed E-state index contributed by atoms with van der Waals surface area (Å²) in [4.78, 5) is 4.48. The van der Waals surface area contributed by atoms with Crippen LogP contribution in [-0.4, -0.2) is 49.3 Å². The van der Waals surface area contributed by atoms with E-state index in [4.69, 9.17) is 46.3 Å². The Bertz CT molecular complexity index is 1400. The molecule has 1 fully saturated rings. The topological polar surface area (TPSA) is 108 Å². The van der Waals surface area contributed by atoms with Gasteiger partial charge in [0.25, 0.3) is 0 Å². The number of hydrogen-bond donors (Lipinski definition) is 2. The van der Waals surface area contributed by atoms with Crippen LogP contribution in [0.15, 0.2) is 71.7 Å². The third-order valence-corrected chi connectivity index (χ3v) is 7.44. The number of hydrogen-bond acceptors (Lipinski definition) is 7. The standard InChI is InChI=1S/C31H37BClN3O5/c1-21-13-14-26(32-40-30(2,3)31(4,5)41-32)27(17-21)39-20-37-15-16-38-23-10-8-9-22(18-23)19-36-29(35)25-12-7-6-11-24(25)28(33)34/h6-14,17-18,34H,15-16,19-20H2,1-5H3,(H2,35,36). The van der Waals surface area contributed by atoms with Crippen molar-refractivity contribution < 1.29 is 23.5 Å². The minimum Gasteiger partial charge on any atom is -0.491 e. The van der Waals surface area contributed by atoms with Crippen LogP contribution >= 0.6 is 11.6 Å². The summed E-state index contributed by atoms with van der Waals surface area (Å²) in [5, 5.41) is 7.66. The van der Waals surface area contributed by atoms with Crippen LogP contribution in [0.3, 0.4) is 0 Å². The second-order valence-corrected chi connectivity index (χ2v) is 11.2. The van der Waals surface area contributed by atoms with Gasteiger partial charge in [-0.25, -0.2) is 0 Å². The lowest BCUT2D eigenvalue weighted by Gasteiger charge is -2.32. The molecule has 0 amide bonds. The molecule has 3 N–H and O–H groups in total. The Labute approximate surface area is 247 Å². The van der Waals surface area contributed by atoms with Gasteiger partial charge in [0.2, 0.25) is 0 Å². The van der Waals surface area contributed by atoms with E-state index in [-0.39, 0.29) is 12.0 Å². The number of aliphatic imine (C=N–C) groups is 1. The zero-order chi connectivity index (χ0) is 29.6. The van der Waals surface area contributed by atoms with E-state index >= 15 is 0 Å². The van der Waals surface area contributed by atoms with Gasteiger partial charge in [0.15, 0.2) is 6.79 Å². The van der Waals surface area contributed by atoms with Crippen molar-refractivity contribution in [2.24, 2.45) is 10.7 Å². The second kappa shape index (κ2) is 13.1. The highest BCUT2D eigenvalue weighted by Crippen LogP contribution is 2.37. The Kier molecular flexibility index (Phi) is 9.76. The van der Waals surface area contributed by atoms with Gasteiger partial charge >= 0.3 is 7.12 Å². The summed E-state index contributed by atoms with van der Waals surface area (Å²) in [7, 11) is -0.519. The molecule has 216 valence electrons. The first-order valence-electron chi connectivity index (χ1n) is 13.5. The molecule has 41 heavy (non-hydrogen) atoms. The minimum atomic E-state index is -0.519. The van der Waals surface area contributed by atoms with Crippen LogP contribution in [0.2, 0.25) is 0 Å². The summed E-state index contributed by atoms with van der Waals surface area (Å²) in [6, 6.07) is 20.8. The van der Waals surface area contributed by atoms with Gasteiger partial charge < -0.3 is 29.3 Å². The number of nitrogens with zero attached hydrogens (tertiary/aromatic N) is 1. The first-order valence-corrected chi connectivity index (χ1v) is 13.9. The van der Waals surface area contributed by atoms with Crippen molar-refractivity contribution >= 4 is 35.2 Å². The van der Waals surface area contributed by atoms with E-state index in [0.29, 0.717) is 48.2 Å². The van der Waals surface area contributed by atoms with Crippen molar-refractivity contribution in [3.05, 3.63) is 89.0 Å². The normalized spacial score (nSPS) is 16.0. The Morgan fingerprint density at radius 3 is 2.34 bits per heavy atom. The lowest BCUT2D eigenvalue weighted by atomic mass is 9.78. The highest BCUT2D eigenvalue weighted by atomic mass is 35.5. The van der Waals surface area contributed by atoms with Crippen molar-refractivity contribution in [2.75, 3.05) is 20.0 Å². The summed E-state index contributed by atoms with van der Waals surface area (Å²) in [5.74, 6) is 1.69. The average Bonchev–Trinajstić information content (AvgIpc) is 3.15. The molecule has 4 rings (SSSR count). The van der Waals surface area contributed by atoms with E-state index in [1.54, 1.807) is 18.2 Å². The van der Waals surface area contributed by atoms with Crippen molar-refractivity contribution in [3.63, 3.8) is 0 Å². The lowest BCUT2D eigenvalue weighted by Crippen LogP contribution is -2.41. The number of aryl methyl sites for hydroxylation is 1. The van der Waals surface area contributed by atoms with Gasteiger partial charge in [0, 0.05) is 16.6 Å². The molecule has 0 aromatic heterocycles. The number of ether oxygens (including phenoxy) is 3. The molecule has 0 atom stereocenters. The van der Waals surface area contributed by atoms with E-state index in [2.05, 4.69) is 4.99 Å². The van der Waals surface area contributed by atoms with Gasteiger partial charge in [-0.1, -0.05) is 60.1 Å². The van der Waals surface area contributed by atoms with E-state index < -0.39 is 18.3 Å². The van der Waals surface area contributed by atoms with Crippen LogP contribution in [0.25, 0.3) is 0 Å². The Balaban J connectivity index is 1.26. The molecule has 3 aromatic rings. The van der Waals surface area contributed by atoms with Crippen LogP contribution in [-0.2, 0) is 20.6 Å². The molecule has 0 bridgehead atoms. The summed E-state index contributed by atoms with van der Waals surface area (Å²) in [6.07, 6.45) is 0. The number of nitrogens with two attached hydrogens (primary N) is 1. The molecule has 1 aliphatic heterocycles. The fourth-order valence-corrected chi connectivity index (χ4v) is 4.37. The molecule has 0 unspecified atom stereocenters. The van der Waals surface area contributed by atoms with Crippen LogP contribution < -0.4 is 20.7 Å². The van der Waals surface area contributed by atoms with Gasteiger partial charge in [-0.05, 0) is 63.9 Å². The predicted molar refractivity (Wildman–Crippen MR) is 164 cm³/mol. The first kappa shape index (κ1) is 30.6. The molecule has 0 radical (unpaired) electrons. The van der Waals surface area contributed by atoms with Crippen LogP contribution in [0.5, 0.6) is 11.5 Å². The second-order valence-electron chi connectivity index (χ2n) is 10.9. The van der Waals surface area contributed by atoms with Crippen LogP contribution in [0.4, 0.5) is 0 Å². The fourth-order valence-electron chi connectivity index (χ4n) is 4.21. The zero-order valence-corrected chi connectivity index (χ0v) is 25.0. The predicted octanol–water partition coefficient (Wildman–Crippen LogP) is 5.20. The lowest BCUT2D eigenvalue weighted by molar-refractivity contribution is 0.00283. The highest BCUT2D eigenvalue weighted by molar-refractivity contribution is 6.69. The maximum atomic E-state index is 7.73. The van der Waals surface area contributed by atoms with Gasteiger partial charge in [-0.3, -0.25) is 10.4 Å². The van der Waals surface area contributed by atoms with Crippen molar-refractivity contribution in [2.45, 2.75) is 52.4 Å². The first-order chi connectivity index (χ1) is 19.5. The average molecular weight is 578 g/mol. The number of amidine groups is 1. The number of halogens is 1. The molecular weight excluding hydrogens is 541 g/mol. The number of nitrogens with one attached hydrogen (secondary N) is 1. The molecule has 0 spiro atoms. The van der Waals surface area contributed by atoms with Gasteiger partial charge in [0.1, 0.15) is 29.1 Å². The quantitative estimate of drug-likeness (QED) is 0.101. The zero-order valence-electron chi connectivity index (χ0n) is 24.2. The summed E-state index contributed by atoms with van der Waals surface area (Å²) in [5.41, 5.74) is 9.32. The molecule has 0 saturated carbocycles. The Morgan fingerprint density at radius 1 is 0.927 bits per heavy atom. The van der Waals surface area contributed by atoms with Crippen molar-refractivity contribution in [3.8, 4) is 11.5 Å². The number of rotatable bonds is 12. The summed E-state index contributed by atoms with van der Waals surface area (Å²) < 4.78 is 29.9. The third-order valence-electron chi connectivity index (χ3n) is 7.24. The molecule has 3 aromatic carbocycles. The molecule has 1 saturated heterocycles. The summed E-state index contributed by atoms with van der Waals surface area (Å²) >= 11 is 5.89. The van der Waals surface area contributed by atoms with E-state index in [1.807, 2.05) is 83.1 Å². The monoisotopic (exact) mass is 577 g/mol.